The molecule has 2 aliphatic rings. The Kier molecular flexibility index (Phi) is 6.58. The first-order valence-corrected chi connectivity index (χ1v) is 13.0. The van der Waals surface area contributed by atoms with Crippen molar-refractivity contribution in [2.75, 3.05) is 18.9 Å². The van der Waals surface area contributed by atoms with Gasteiger partial charge < -0.3 is 20.1 Å². The minimum Gasteiger partial charge on any atom is -0.334 e. The van der Waals surface area contributed by atoms with Crippen LogP contribution in [0.25, 0.3) is 11.0 Å². The number of anilines is 1. The first-order chi connectivity index (χ1) is 18.1. The van der Waals surface area contributed by atoms with Crippen molar-refractivity contribution in [1.82, 2.24) is 19.8 Å². The molecule has 1 fully saturated rings. The van der Waals surface area contributed by atoms with Gasteiger partial charge in [-0.15, -0.1) is 0 Å². The number of benzene rings is 2. The van der Waals surface area contributed by atoms with Crippen LogP contribution in [0.1, 0.15) is 42.9 Å². The molecule has 9 nitrogen and oxygen atoms in total. The number of rotatable bonds is 5. The standard InChI is InChI=1S/C27H26Cl2N6O3/c1-14(2)8-22(34(3)25(37)23-31-20-9-17(28)18(29)10-21(20)32-23)24(36)35-13-27(11-15(35)12-30)16-6-4-5-7-19(16)33-26(27)38/h4-7,9-10,14-15,22H,8,11,13H2,1-3H3,(H,31,32)(H,33,38)/t15-,22-,27-/m0/s1. The highest BCUT2D eigenvalue weighted by Gasteiger charge is 2.56. The predicted molar refractivity (Wildman–Crippen MR) is 144 cm³/mol. The molecule has 3 atom stereocenters. The Bertz CT molecular complexity index is 1470. The first kappa shape index (κ1) is 26.0. The van der Waals surface area contributed by atoms with E-state index in [0.717, 1.165) is 5.56 Å². The molecular formula is C27H26Cl2N6O3. The maximum absolute atomic E-state index is 14.0. The van der Waals surface area contributed by atoms with E-state index in [0.29, 0.717) is 33.2 Å². The van der Waals surface area contributed by atoms with E-state index in [-0.39, 0.29) is 36.5 Å². The lowest BCUT2D eigenvalue weighted by atomic mass is 9.80. The van der Waals surface area contributed by atoms with Crippen LogP contribution in [-0.4, -0.2) is 63.2 Å². The van der Waals surface area contributed by atoms with Gasteiger partial charge in [0, 0.05) is 25.7 Å². The zero-order chi connectivity index (χ0) is 27.4. The molecule has 2 aromatic carbocycles. The SMILES string of the molecule is CC(C)C[C@@H](C(=O)N1C[C@]2(C[C@H]1C#N)C(=O)Nc1ccccc12)N(C)C(=O)c1nc2cc(Cl)c(Cl)cc2[nH]1. The molecule has 0 radical (unpaired) electrons. The zero-order valence-electron chi connectivity index (χ0n) is 21.1. The molecule has 0 aliphatic carbocycles. The van der Waals surface area contributed by atoms with Crippen molar-refractivity contribution >= 4 is 57.6 Å². The topological polar surface area (TPSA) is 122 Å². The number of likely N-dealkylation sites (N-methyl/N-ethyl adjacent to an activating group) is 1. The van der Waals surface area contributed by atoms with Gasteiger partial charge in [0.2, 0.25) is 11.8 Å². The fourth-order valence-corrected chi connectivity index (χ4v) is 5.78. The average Bonchev–Trinajstić information content (AvgIpc) is 3.56. The van der Waals surface area contributed by atoms with Crippen LogP contribution in [0.3, 0.4) is 0 Å². The van der Waals surface area contributed by atoms with Crippen LogP contribution in [0.15, 0.2) is 36.4 Å². The number of nitriles is 1. The van der Waals surface area contributed by atoms with Gasteiger partial charge >= 0.3 is 0 Å². The van der Waals surface area contributed by atoms with Gasteiger partial charge in [-0.1, -0.05) is 55.2 Å². The summed E-state index contributed by atoms with van der Waals surface area (Å²) in [5.74, 6) is -0.976. The molecule has 3 heterocycles. The van der Waals surface area contributed by atoms with Crippen molar-refractivity contribution in [3.8, 4) is 6.07 Å². The minimum atomic E-state index is -1.01. The number of aromatic amines is 1. The molecule has 38 heavy (non-hydrogen) atoms. The molecule has 3 aromatic rings. The monoisotopic (exact) mass is 552 g/mol. The molecule has 1 spiro atoms. The summed E-state index contributed by atoms with van der Waals surface area (Å²) in [6.45, 7) is 3.97. The summed E-state index contributed by atoms with van der Waals surface area (Å²) in [6.07, 6.45) is 0.554. The molecule has 196 valence electrons. The Morgan fingerprint density at radius 3 is 2.68 bits per heavy atom. The summed E-state index contributed by atoms with van der Waals surface area (Å²) in [5.41, 5.74) is 1.48. The summed E-state index contributed by atoms with van der Waals surface area (Å²) in [5, 5.41) is 13.5. The number of carbonyl (C=O) groups is 3. The number of hydrogen-bond donors (Lipinski definition) is 2. The van der Waals surface area contributed by atoms with E-state index in [1.807, 2.05) is 38.1 Å². The van der Waals surface area contributed by atoms with Crippen LogP contribution in [0, 0.1) is 17.2 Å². The highest BCUT2D eigenvalue weighted by Crippen LogP contribution is 2.46. The van der Waals surface area contributed by atoms with E-state index in [1.165, 1.54) is 9.80 Å². The molecule has 0 saturated carbocycles. The number of halogens is 2. The second kappa shape index (κ2) is 9.61. The van der Waals surface area contributed by atoms with Crippen LogP contribution in [-0.2, 0) is 15.0 Å². The zero-order valence-corrected chi connectivity index (χ0v) is 22.6. The Morgan fingerprint density at radius 1 is 1.26 bits per heavy atom. The molecule has 5 rings (SSSR count). The van der Waals surface area contributed by atoms with Crippen LogP contribution in [0.5, 0.6) is 0 Å². The minimum absolute atomic E-state index is 0.0428. The molecular weight excluding hydrogens is 527 g/mol. The van der Waals surface area contributed by atoms with Crippen LogP contribution >= 0.6 is 23.2 Å². The number of carbonyl (C=O) groups excluding carboxylic acids is 3. The second-order valence-electron chi connectivity index (χ2n) is 10.3. The van der Waals surface area contributed by atoms with E-state index >= 15 is 0 Å². The lowest BCUT2D eigenvalue weighted by Gasteiger charge is -2.33. The summed E-state index contributed by atoms with van der Waals surface area (Å²) in [7, 11) is 1.55. The molecule has 0 bridgehead atoms. The molecule has 1 aromatic heterocycles. The molecule has 0 unspecified atom stereocenters. The van der Waals surface area contributed by atoms with Crippen molar-refractivity contribution in [2.45, 2.75) is 44.2 Å². The number of fused-ring (bicyclic) bond motifs is 3. The number of amides is 3. The highest BCUT2D eigenvalue weighted by atomic mass is 35.5. The van der Waals surface area contributed by atoms with Gasteiger partial charge in [0.25, 0.3) is 5.91 Å². The number of likely N-dealkylation sites (tertiary alicyclic amines) is 1. The third-order valence-electron chi connectivity index (χ3n) is 7.41. The highest BCUT2D eigenvalue weighted by molar-refractivity contribution is 6.42. The third kappa shape index (κ3) is 4.18. The number of H-pyrrole nitrogens is 1. The number of aromatic nitrogens is 2. The lowest BCUT2D eigenvalue weighted by molar-refractivity contribution is -0.136. The lowest BCUT2D eigenvalue weighted by Crippen LogP contribution is -2.52. The Morgan fingerprint density at radius 2 is 1.97 bits per heavy atom. The summed E-state index contributed by atoms with van der Waals surface area (Å²) in [4.78, 5) is 50.8. The molecule has 1 saturated heterocycles. The van der Waals surface area contributed by atoms with E-state index in [1.54, 1.807) is 19.2 Å². The van der Waals surface area contributed by atoms with Gasteiger partial charge in [0.1, 0.15) is 12.1 Å². The molecule has 11 heteroatoms. The Labute approximate surface area is 229 Å². The van der Waals surface area contributed by atoms with E-state index in [9.17, 15) is 19.6 Å². The largest absolute Gasteiger partial charge is 0.334 e. The quantitative estimate of drug-likeness (QED) is 0.486. The normalized spacial score (nSPS) is 21.0. The maximum Gasteiger partial charge on any atom is 0.290 e. The van der Waals surface area contributed by atoms with Crippen molar-refractivity contribution in [3.63, 3.8) is 0 Å². The van der Waals surface area contributed by atoms with Crippen molar-refractivity contribution in [2.24, 2.45) is 5.92 Å². The van der Waals surface area contributed by atoms with Crippen molar-refractivity contribution in [1.29, 1.82) is 5.26 Å². The third-order valence-corrected chi connectivity index (χ3v) is 8.13. The first-order valence-electron chi connectivity index (χ1n) is 12.3. The van der Waals surface area contributed by atoms with Crippen LogP contribution in [0.4, 0.5) is 5.69 Å². The van der Waals surface area contributed by atoms with Crippen LogP contribution in [0.2, 0.25) is 10.0 Å². The van der Waals surface area contributed by atoms with Gasteiger partial charge in [-0.05, 0) is 36.1 Å². The molecule has 3 amide bonds. The fourth-order valence-electron chi connectivity index (χ4n) is 5.46. The number of imidazole rings is 1. The van der Waals surface area contributed by atoms with Gasteiger partial charge in [0.15, 0.2) is 5.82 Å². The van der Waals surface area contributed by atoms with Crippen LogP contribution < -0.4 is 5.32 Å². The van der Waals surface area contributed by atoms with Gasteiger partial charge in [0.05, 0.1) is 32.6 Å². The fraction of sp³-hybridized carbons (Fsp3) is 0.370. The Hall–Kier alpha value is -3.61. The number of para-hydroxylation sites is 1. The van der Waals surface area contributed by atoms with Crippen molar-refractivity contribution in [3.05, 3.63) is 57.8 Å². The van der Waals surface area contributed by atoms with E-state index in [2.05, 4.69) is 21.4 Å². The average molecular weight is 553 g/mol. The summed E-state index contributed by atoms with van der Waals surface area (Å²) < 4.78 is 0. The second-order valence-corrected chi connectivity index (χ2v) is 11.1. The maximum atomic E-state index is 14.0. The molecule has 2 aliphatic heterocycles. The van der Waals surface area contributed by atoms with Gasteiger partial charge in [-0.2, -0.15) is 5.26 Å². The number of nitrogens with zero attached hydrogens (tertiary/aromatic N) is 4. The van der Waals surface area contributed by atoms with E-state index in [4.69, 9.17) is 23.2 Å². The van der Waals surface area contributed by atoms with Gasteiger partial charge in [-0.3, -0.25) is 14.4 Å². The Balaban J connectivity index is 1.46. The van der Waals surface area contributed by atoms with Gasteiger partial charge in [-0.25, -0.2) is 4.98 Å². The predicted octanol–water partition coefficient (Wildman–Crippen LogP) is 4.37. The summed E-state index contributed by atoms with van der Waals surface area (Å²) in [6, 6.07) is 11.0. The molecule has 2 N–H and O–H groups in total. The van der Waals surface area contributed by atoms with Crippen molar-refractivity contribution < 1.29 is 14.4 Å². The number of nitrogens with one attached hydrogen (secondary N) is 2. The summed E-state index contributed by atoms with van der Waals surface area (Å²) >= 11 is 12.2. The number of hydrogen-bond acceptors (Lipinski definition) is 5. The van der Waals surface area contributed by atoms with E-state index < -0.39 is 23.4 Å². The smallest absolute Gasteiger partial charge is 0.290 e.